The number of rotatable bonds is 6. The molecule has 1 atom stereocenters. The average Bonchev–Trinajstić information content (AvgIpc) is 2.68. The van der Waals surface area contributed by atoms with E-state index >= 15 is 0 Å². The number of amides is 1. The number of carbonyl (C=O) groups is 1. The van der Waals surface area contributed by atoms with Crippen LogP contribution in [0.4, 0.5) is 0 Å². The second kappa shape index (κ2) is 7.32. The first-order valence-corrected chi connectivity index (χ1v) is 7.95. The van der Waals surface area contributed by atoms with Crippen molar-refractivity contribution in [3.8, 4) is 0 Å². The summed E-state index contributed by atoms with van der Waals surface area (Å²) in [7, 11) is 0. The third kappa shape index (κ3) is 4.86. The van der Waals surface area contributed by atoms with Crippen molar-refractivity contribution in [2.24, 2.45) is 5.73 Å². The molecule has 1 heterocycles. The van der Waals surface area contributed by atoms with Gasteiger partial charge in [0.15, 0.2) is 0 Å². The molecule has 0 aliphatic rings. The van der Waals surface area contributed by atoms with Crippen LogP contribution in [0.2, 0.25) is 0 Å². The zero-order valence-electron chi connectivity index (χ0n) is 9.03. The Kier molecular flexibility index (Phi) is 6.41. The Hall–Kier alpha value is -0.0400. The van der Waals surface area contributed by atoms with Crippen LogP contribution in [0.1, 0.15) is 11.3 Å². The van der Waals surface area contributed by atoms with Gasteiger partial charge in [-0.25, -0.2) is 0 Å². The van der Waals surface area contributed by atoms with E-state index in [-0.39, 0.29) is 5.91 Å². The predicted octanol–water partition coefficient (Wildman–Crippen LogP) is 2.21. The average molecular weight is 323 g/mol. The number of carbonyl (C=O) groups excluding carboxylic acids is 1. The molecule has 3 N–H and O–H groups in total. The summed E-state index contributed by atoms with van der Waals surface area (Å²) in [5.74, 6) is 0.845. The Morgan fingerprint density at radius 1 is 1.75 bits per heavy atom. The fraction of sp³-hybridized carbons (Fsp3) is 0.500. The van der Waals surface area contributed by atoms with Gasteiger partial charge in [-0.3, -0.25) is 4.79 Å². The van der Waals surface area contributed by atoms with Crippen molar-refractivity contribution in [2.75, 3.05) is 12.0 Å². The van der Waals surface area contributed by atoms with Crippen molar-refractivity contribution >= 4 is 44.9 Å². The van der Waals surface area contributed by atoms with E-state index in [9.17, 15) is 4.79 Å². The fourth-order valence-corrected chi connectivity index (χ4v) is 3.01. The molecule has 0 bridgehead atoms. The highest BCUT2D eigenvalue weighted by Gasteiger charge is 2.12. The van der Waals surface area contributed by atoms with Crippen LogP contribution in [0.3, 0.4) is 0 Å². The van der Waals surface area contributed by atoms with Crippen LogP contribution in [0.15, 0.2) is 15.9 Å². The van der Waals surface area contributed by atoms with E-state index in [4.69, 9.17) is 5.73 Å². The standard InChI is InChI=1S/C10H15BrN2OS2/c1-15-3-2-9(12)10(14)13-5-8-4-7(11)6-16-8/h4,6,9H,2-3,5,12H2,1H3,(H,13,14)/t9-/m1/s1. The molecular formula is C10H15BrN2OS2. The SMILES string of the molecule is CSCC[C@@H](N)C(=O)NCc1cc(Br)cs1. The second-order valence-corrected chi connectivity index (χ2v) is 6.23. The highest BCUT2D eigenvalue weighted by Crippen LogP contribution is 2.19. The largest absolute Gasteiger partial charge is 0.350 e. The molecule has 6 heteroatoms. The summed E-state index contributed by atoms with van der Waals surface area (Å²) >= 11 is 6.69. The number of hydrogen-bond acceptors (Lipinski definition) is 4. The van der Waals surface area contributed by atoms with Crippen LogP contribution in [0.25, 0.3) is 0 Å². The number of thiophene rings is 1. The molecule has 0 saturated carbocycles. The Labute approximate surface area is 112 Å². The molecule has 0 aliphatic carbocycles. The lowest BCUT2D eigenvalue weighted by Gasteiger charge is -2.10. The van der Waals surface area contributed by atoms with Crippen LogP contribution < -0.4 is 11.1 Å². The zero-order chi connectivity index (χ0) is 12.0. The molecule has 0 radical (unpaired) electrons. The molecule has 1 amide bonds. The van der Waals surface area contributed by atoms with Gasteiger partial charge >= 0.3 is 0 Å². The van der Waals surface area contributed by atoms with Crippen molar-refractivity contribution < 1.29 is 4.79 Å². The molecule has 0 aromatic carbocycles. The Bertz CT molecular complexity index is 343. The molecule has 1 aromatic rings. The van der Waals surface area contributed by atoms with Gasteiger partial charge in [0.2, 0.25) is 5.91 Å². The normalized spacial score (nSPS) is 12.4. The lowest BCUT2D eigenvalue weighted by atomic mass is 10.2. The number of hydrogen-bond donors (Lipinski definition) is 2. The minimum atomic E-state index is -0.393. The molecule has 0 spiro atoms. The van der Waals surface area contributed by atoms with Crippen LogP contribution in [0, 0.1) is 0 Å². The Morgan fingerprint density at radius 2 is 2.50 bits per heavy atom. The van der Waals surface area contributed by atoms with Crippen molar-refractivity contribution in [3.63, 3.8) is 0 Å². The zero-order valence-corrected chi connectivity index (χ0v) is 12.3. The van der Waals surface area contributed by atoms with Crippen LogP contribution in [0.5, 0.6) is 0 Å². The highest BCUT2D eigenvalue weighted by atomic mass is 79.9. The summed E-state index contributed by atoms with van der Waals surface area (Å²) in [4.78, 5) is 12.7. The van der Waals surface area contributed by atoms with Crippen molar-refractivity contribution in [3.05, 3.63) is 20.8 Å². The summed E-state index contributed by atoms with van der Waals surface area (Å²) in [6, 6.07) is 1.61. The van der Waals surface area contributed by atoms with Gasteiger partial charge in [-0.2, -0.15) is 11.8 Å². The van der Waals surface area contributed by atoms with E-state index in [1.54, 1.807) is 23.1 Å². The van der Waals surface area contributed by atoms with E-state index in [2.05, 4.69) is 21.2 Å². The highest BCUT2D eigenvalue weighted by molar-refractivity contribution is 9.10. The monoisotopic (exact) mass is 322 g/mol. The molecule has 0 fully saturated rings. The molecule has 0 unspecified atom stereocenters. The van der Waals surface area contributed by atoms with Gasteiger partial charge in [-0.05, 0) is 40.4 Å². The van der Waals surface area contributed by atoms with E-state index in [0.717, 1.165) is 21.5 Å². The van der Waals surface area contributed by atoms with Gasteiger partial charge in [0, 0.05) is 14.7 Å². The predicted molar refractivity (Wildman–Crippen MR) is 74.8 cm³/mol. The Balaban J connectivity index is 2.29. The summed E-state index contributed by atoms with van der Waals surface area (Å²) in [6.45, 7) is 0.558. The first-order valence-electron chi connectivity index (χ1n) is 4.88. The Morgan fingerprint density at radius 3 is 3.06 bits per heavy atom. The van der Waals surface area contributed by atoms with Gasteiger partial charge in [0.05, 0.1) is 12.6 Å². The molecule has 16 heavy (non-hydrogen) atoms. The van der Waals surface area contributed by atoms with Crippen molar-refractivity contribution in [2.45, 2.75) is 19.0 Å². The summed E-state index contributed by atoms with van der Waals surface area (Å²) in [5, 5.41) is 4.83. The third-order valence-electron chi connectivity index (χ3n) is 2.03. The topological polar surface area (TPSA) is 55.1 Å². The molecule has 0 aliphatic heterocycles. The summed E-state index contributed by atoms with van der Waals surface area (Å²) < 4.78 is 1.05. The quantitative estimate of drug-likeness (QED) is 0.844. The molecule has 0 saturated heterocycles. The first-order chi connectivity index (χ1) is 7.63. The maximum atomic E-state index is 11.6. The number of nitrogens with two attached hydrogens (primary N) is 1. The molecular weight excluding hydrogens is 308 g/mol. The minimum absolute atomic E-state index is 0.0708. The van der Waals surface area contributed by atoms with E-state index < -0.39 is 6.04 Å². The minimum Gasteiger partial charge on any atom is -0.350 e. The van der Waals surface area contributed by atoms with Crippen LogP contribution >= 0.6 is 39.0 Å². The third-order valence-corrected chi connectivity index (χ3v) is 4.37. The number of halogens is 1. The van der Waals surface area contributed by atoms with E-state index in [1.807, 2.05) is 17.7 Å². The summed E-state index contributed by atoms with van der Waals surface area (Å²) in [6.07, 6.45) is 2.73. The lowest BCUT2D eigenvalue weighted by molar-refractivity contribution is -0.122. The van der Waals surface area contributed by atoms with Gasteiger partial charge in [-0.15, -0.1) is 11.3 Å². The number of nitrogens with one attached hydrogen (secondary N) is 1. The maximum Gasteiger partial charge on any atom is 0.237 e. The number of thioether (sulfide) groups is 1. The van der Waals surface area contributed by atoms with Gasteiger partial charge < -0.3 is 11.1 Å². The van der Waals surface area contributed by atoms with Gasteiger partial charge in [0.25, 0.3) is 0 Å². The smallest absolute Gasteiger partial charge is 0.237 e. The van der Waals surface area contributed by atoms with E-state index in [0.29, 0.717) is 6.54 Å². The first kappa shape index (κ1) is 14.0. The summed E-state index contributed by atoms with van der Waals surface area (Å²) in [5.41, 5.74) is 5.74. The maximum absolute atomic E-state index is 11.6. The van der Waals surface area contributed by atoms with Crippen molar-refractivity contribution in [1.82, 2.24) is 5.32 Å². The van der Waals surface area contributed by atoms with Gasteiger partial charge in [-0.1, -0.05) is 0 Å². The molecule has 3 nitrogen and oxygen atoms in total. The molecule has 90 valence electrons. The van der Waals surface area contributed by atoms with Crippen LogP contribution in [-0.2, 0) is 11.3 Å². The van der Waals surface area contributed by atoms with Crippen LogP contribution in [-0.4, -0.2) is 24.0 Å². The van der Waals surface area contributed by atoms with Crippen molar-refractivity contribution in [1.29, 1.82) is 0 Å². The molecule has 1 aromatic heterocycles. The lowest BCUT2D eigenvalue weighted by Crippen LogP contribution is -2.40. The molecule has 1 rings (SSSR count). The second-order valence-electron chi connectivity index (χ2n) is 3.34. The van der Waals surface area contributed by atoms with E-state index in [1.165, 1.54) is 0 Å². The fourth-order valence-electron chi connectivity index (χ4n) is 1.13. The van der Waals surface area contributed by atoms with Gasteiger partial charge in [0.1, 0.15) is 0 Å².